The third-order valence-corrected chi connectivity index (χ3v) is 4.57. The Kier molecular flexibility index (Phi) is 5.10. The van der Waals surface area contributed by atoms with Crippen molar-refractivity contribution in [2.75, 3.05) is 5.32 Å². The van der Waals surface area contributed by atoms with Gasteiger partial charge in [0, 0.05) is 16.3 Å². The molecule has 0 spiro atoms. The highest BCUT2D eigenvalue weighted by Crippen LogP contribution is 2.30. The second kappa shape index (κ2) is 8.01. The quantitative estimate of drug-likeness (QED) is 0.353. The number of anilines is 1. The van der Waals surface area contributed by atoms with Gasteiger partial charge in [0.15, 0.2) is 5.76 Å². The van der Waals surface area contributed by atoms with Crippen molar-refractivity contribution >= 4 is 40.2 Å². The van der Waals surface area contributed by atoms with Gasteiger partial charge >= 0.3 is 0 Å². The van der Waals surface area contributed by atoms with Crippen molar-refractivity contribution in [2.24, 2.45) is 0 Å². The van der Waals surface area contributed by atoms with Crippen molar-refractivity contribution in [3.05, 3.63) is 89.0 Å². The number of fused-ring (bicyclic) bond motifs is 1. The third-order valence-electron chi connectivity index (χ3n) is 4.31. The van der Waals surface area contributed by atoms with E-state index in [4.69, 9.17) is 16.1 Å². The molecule has 29 heavy (non-hydrogen) atoms. The van der Waals surface area contributed by atoms with E-state index < -0.39 is 5.91 Å². The van der Waals surface area contributed by atoms with Crippen molar-refractivity contribution in [1.29, 1.82) is 5.26 Å². The molecule has 0 fully saturated rings. The molecule has 140 valence electrons. The van der Waals surface area contributed by atoms with E-state index in [0.717, 1.165) is 10.9 Å². The van der Waals surface area contributed by atoms with Crippen LogP contribution >= 0.6 is 11.6 Å². The molecular formula is C23H14ClN3O2. The molecule has 1 amide bonds. The Balaban J connectivity index is 1.68. The lowest BCUT2D eigenvalue weighted by molar-refractivity contribution is -0.112. The molecule has 0 unspecified atom stereocenters. The Labute approximate surface area is 171 Å². The summed E-state index contributed by atoms with van der Waals surface area (Å²) >= 11 is 5.95. The van der Waals surface area contributed by atoms with Crippen molar-refractivity contribution in [2.45, 2.75) is 0 Å². The Morgan fingerprint density at radius 2 is 1.83 bits per heavy atom. The van der Waals surface area contributed by atoms with Gasteiger partial charge in [-0.05, 0) is 60.2 Å². The second-order valence-corrected chi connectivity index (χ2v) is 6.72. The maximum absolute atomic E-state index is 12.4. The molecule has 1 N–H and O–H groups in total. The van der Waals surface area contributed by atoms with Crippen LogP contribution in [0.3, 0.4) is 0 Å². The van der Waals surface area contributed by atoms with Crippen LogP contribution in [-0.4, -0.2) is 11.1 Å². The summed E-state index contributed by atoms with van der Waals surface area (Å²) in [6.45, 7) is 0. The first-order valence-electron chi connectivity index (χ1n) is 8.77. The zero-order valence-corrected chi connectivity index (χ0v) is 15.9. The smallest absolute Gasteiger partial charge is 0.266 e. The van der Waals surface area contributed by atoms with E-state index in [9.17, 15) is 10.1 Å². The molecule has 3 aromatic carbocycles. The SMILES string of the molecule is N#C/C(=C\c1ccc2noc(-c3ccc(Cl)cc3)c2c1)C(=O)Nc1ccccc1. The number of amides is 1. The molecule has 0 saturated carbocycles. The lowest BCUT2D eigenvalue weighted by Crippen LogP contribution is -2.13. The third kappa shape index (κ3) is 4.03. The van der Waals surface area contributed by atoms with Crippen LogP contribution in [0.4, 0.5) is 5.69 Å². The van der Waals surface area contributed by atoms with Crippen molar-refractivity contribution < 1.29 is 9.32 Å². The number of nitrogens with zero attached hydrogens (tertiary/aromatic N) is 2. The number of carbonyl (C=O) groups excluding carboxylic acids is 1. The van der Waals surface area contributed by atoms with Gasteiger partial charge in [-0.2, -0.15) is 5.26 Å². The number of halogens is 1. The topological polar surface area (TPSA) is 78.9 Å². The molecule has 0 atom stereocenters. The van der Waals surface area contributed by atoms with Crippen molar-refractivity contribution in [3.8, 4) is 17.4 Å². The molecule has 4 aromatic rings. The minimum atomic E-state index is -0.470. The Morgan fingerprint density at radius 3 is 2.55 bits per heavy atom. The number of carbonyl (C=O) groups is 1. The van der Waals surface area contributed by atoms with E-state index in [1.54, 1.807) is 36.4 Å². The zero-order chi connectivity index (χ0) is 20.2. The van der Waals surface area contributed by atoms with E-state index in [1.165, 1.54) is 6.08 Å². The highest BCUT2D eigenvalue weighted by molar-refractivity contribution is 6.30. The number of rotatable bonds is 4. The fourth-order valence-electron chi connectivity index (χ4n) is 2.89. The number of nitrogens with one attached hydrogen (secondary N) is 1. The van der Waals surface area contributed by atoms with Gasteiger partial charge in [-0.15, -0.1) is 0 Å². The van der Waals surface area contributed by atoms with E-state index in [0.29, 0.717) is 27.6 Å². The van der Waals surface area contributed by atoms with Crippen LogP contribution in [0.1, 0.15) is 5.56 Å². The molecule has 4 rings (SSSR count). The van der Waals surface area contributed by atoms with E-state index in [-0.39, 0.29) is 5.57 Å². The molecule has 1 heterocycles. The van der Waals surface area contributed by atoms with Crippen LogP contribution in [0.15, 0.2) is 82.9 Å². The summed E-state index contributed by atoms with van der Waals surface area (Å²) in [5.41, 5.74) is 2.83. The van der Waals surface area contributed by atoms with Gasteiger partial charge in [0.05, 0.1) is 5.39 Å². The summed E-state index contributed by atoms with van der Waals surface area (Å²) in [6, 6.07) is 23.6. The summed E-state index contributed by atoms with van der Waals surface area (Å²) in [5.74, 6) is 0.126. The van der Waals surface area contributed by atoms with Gasteiger partial charge in [0.2, 0.25) is 0 Å². The normalized spacial score (nSPS) is 11.2. The zero-order valence-electron chi connectivity index (χ0n) is 15.1. The molecular weight excluding hydrogens is 386 g/mol. The maximum atomic E-state index is 12.4. The van der Waals surface area contributed by atoms with E-state index in [1.807, 2.05) is 42.5 Å². The Bertz CT molecular complexity index is 1250. The molecule has 6 heteroatoms. The van der Waals surface area contributed by atoms with Crippen molar-refractivity contribution in [1.82, 2.24) is 5.16 Å². The fraction of sp³-hybridized carbons (Fsp3) is 0. The Hall–Kier alpha value is -3.88. The molecule has 0 radical (unpaired) electrons. The van der Waals surface area contributed by atoms with Crippen LogP contribution in [0.2, 0.25) is 5.02 Å². The molecule has 0 bridgehead atoms. The fourth-order valence-corrected chi connectivity index (χ4v) is 3.02. The van der Waals surface area contributed by atoms with Crippen LogP contribution < -0.4 is 5.32 Å². The largest absolute Gasteiger partial charge is 0.355 e. The number of nitriles is 1. The van der Waals surface area contributed by atoms with Crippen LogP contribution in [0, 0.1) is 11.3 Å². The average Bonchev–Trinajstić information content (AvgIpc) is 3.16. The summed E-state index contributed by atoms with van der Waals surface area (Å²) in [5, 5.41) is 17.6. The van der Waals surface area contributed by atoms with Crippen LogP contribution in [0.25, 0.3) is 28.3 Å². The average molecular weight is 400 g/mol. The number of benzene rings is 3. The predicted octanol–water partition coefficient (Wildman–Crippen LogP) is 5.69. The number of para-hydroxylation sites is 1. The minimum Gasteiger partial charge on any atom is -0.355 e. The first-order chi connectivity index (χ1) is 14.1. The van der Waals surface area contributed by atoms with Gasteiger partial charge in [-0.1, -0.05) is 41.0 Å². The van der Waals surface area contributed by atoms with Gasteiger partial charge in [0.1, 0.15) is 17.2 Å². The van der Waals surface area contributed by atoms with E-state index in [2.05, 4.69) is 10.5 Å². The van der Waals surface area contributed by atoms with Gasteiger partial charge in [-0.3, -0.25) is 4.79 Å². The van der Waals surface area contributed by atoms with Crippen LogP contribution in [-0.2, 0) is 4.79 Å². The lowest BCUT2D eigenvalue weighted by atomic mass is 10.0. The summed E-state index contributed by atoms with van der Waals surface area (Å²) < 4.78 is 5.50. The number of hydrogen-bond acceptors (Lipinski definition) is 4. The highest BCUT2D eigenvalue weighted by atomic mass is 35.5. The van der Waals surface area contributed by atoms with Crippen LogP contribution in [0.5, 0.6) is 0 Å². The Morgan fingerprint density at radius 1 is 1.07 bits per heavy atom. The first kappa shape index (κ1) is 18.5. The van der Waals surface area contributed by atoms with Gasteiger partial charge in [0.25, 0.3) is 5.91 Å². The first-order valence-corrected chi connectivity index (χ1v) is 9.15. The second-order valence-electron chi connectivity index (χ2n) is 6.29. The standard InChI is InChI=1S/C23H14ClN3O2/c24-18-9-7-16(8-10-18)22-20-13-15(6-11-21(20)27-29-22)12-17(14-25)23(28)26-19-4-2-1-3-5-19/h1-13H,(H,26,28)/b17-12+. The monoisotopic (exact) mass is 399 g/mol. The minimum absolute atomic E-state index is 0.00213. The van der Waals surface area contributed by atoms with E-state index >= 15 is 0 Å². The molecule has 1 aromatic heterocycles. The summed E-state index contributed by atoms with van der Waals surface area (Å²) in [6.07, 6.45) is 1.54. The highest BCUT2D eigenvalue weighted by Gasteiger charge is 2.13. The molecule has 0 aliphatic rings. The molecule has 0 aliphatic heterocycles. The molecule has 5 nitrogen and oxygen atoms in total. The number of hydrogen-bond donors (Lipinski definition) is 1. The summed E-state index contributed by atoms with van der Waals surface area (Å²) in [4.78, 5) is 12.4. The van der Waals surface area contributed by atoms with Gasteiger partial charge < -0.3 is 9.84 Å². The molecule has 0 saturated heterocycles. The predicted molar refractivity (Wildman–Crippen MR) is 113 cm³/mol. The van der Waals surface area contributed by atoms with Crippen molar-refractivity contribution in [3.63, 3.8) is 0 Å². The van der Waals surface area contributed by atoms with Gasteiger partial charge in [-0.25, -0.2) is 0 Å². The lowest BCUT2D eigenvalue weighted by Gasteiger charge is -2.04. The maximum Gasteiger partial charge on any atom is 0.266 e. The number of aromatic nitrogens is 1. The molecule has 0 aliphatic carbocycles. The summed E-state index contributed by atoms with van der Waals surface area (Å²) in [7, 11) is 0.